The lowest BCUT2D eigenvalue weighted by Crippen LogP contribution is -2.54. The van der Waals surface area contributed by atoms with Crippen LogP contribution in [-0.2, 0) is 0 Å². The Morgan fingerprint density at radius 1 is 1.35 bits per heavy atom. The predicted molar refractivity (Wildman–Crippen MR) is 89.1 cm³/mol. The highest BCUT2D eigenvalue weighted by Gasteiger charge is 2.58. The van der Waals surface area contributed by atoms with Crippen LogP contribution in [0, 0.1) is 12.1 Å². The minimum absolute atomic E-state index is 0.401. The molecular formula is C17H18N2O3S. The number of thiophene rings is 1. The van der Waals surface area contributed by atoms with Gasteiger partial charge < -0.3 is 10.4 Å². The lowest BCUT2D eigenvalue weighted by atomic mass is 9.99. The van der Waals surface area contributed by atoms with Gasteiger partial charge in [0, 0.05) is 12.5 Å². The Balaban J connectivity index is 2.09. The molecule has 1 aromatic carbocycles. The van der Waals surface area contributed by atoms with Gasteiger partial charge in [0.25, 0.3) is 5.78 Å². The van der Waals surface area contributed by atoms with E-state index < -0.39 is 17.5 Å². The Kier molecular flexibility index (Phi) is 3.83. The third kappa shape index (κ3) is 2.30. The molecule has 23 heavy (non-hydrogen) atoms. The largest absolute Gasteiger partial charge is 0.622 e. The van der Waals surface area contributed by atoms with Gasteiger partial charge in [-0.2, -0.15) is 4.74 Å². The molecule has 1 aliphatic rings. The Labute approximate surface area is 138 Å². The fourth-order valence-corrected chi connectivity index (χ4v) is 3.73. The first kappa shape index (κ1) is 15.9. The molecular weight excluding hydrogens is 312 g/mol. The van der Waals surface area contributed by atoms with Gasteiger partial charge in [-0.05, 0) is 25.3 Å². The van der Waals surface area contributed by atoms with Crippen LogP contribution in [0.1, 0.15) is 34.6 Å². The summed E-state index contributed by atoms with van der Waals surface area (Å²) in [5.74, 6) is -0.423. The molecule has 0 unspecified atom stereocenters. The predicted octanol–water partition coefficient (Wildman–Crippen LogP) is 3.05. The van der Waals surface area contributed by atoms with Gasteiger partial charge in [-0.15, -0.1) is 16.4 Å². The van der Waals surface area contributed by atoms with Crippen LogP contribution >= 0.6 is 11.3 Å². The van der Waals surface area contributed by atoms with Crippen LogP contribution in [0.3, 0.4) is 0 Å². The number of hydrogen-bond acceptors (Lipinski definition) is 5. The average molecular weight is 330 g/mol. The minimum atomic E-state index is -1.67. The summed E-state index contributed by atoms with van der Waals surface area (Å²) < 4.78 is 0.645. The minimum Gasteiger partial charge on any atom is -0.622 e. The Morgan fingerprint density at radius 2 is 2.00 bits per heavy atom. The van der Waals surface area contributed by atoms with Crippen LogP contribution in [0.25, 0.3) is 0 Å². The average Bonchev–Trinajstić information content (AvgIpc) is 3.12. The zero-order valence-corrected chi connectivity index (χ0v) is 14.0. The summed E-state index contributed by atoms with van der Waals surface area (Å²) in [5.41, 5.74) is 0.161. The van der Waals surface area contributed by atoms with E-state index >= 15 is 0 Å². The van der Waals surface area contributed by atoms with Gasteiger partial charge in [-0.3, -0.25) is 4.79 Å². The van der Waals surface area contributed by atoms with Crippen LogP contribution in [0.2, 0.25) is 0 Å². The van der Waals surface area contributed by atoms with E-state index in [4.69, 9.17) is 0 Å². The van der Waals surface area contributed by atoms with E-state index in [1.807, 2.05) is 36.6 Å². The Bertz CT molecular complexity index is 768. The quantitative estimate of drug-likeness (QED) is 0.534. The first-order valence-corrected chi connectivity index (χ1v) is 8.23. The van der Waals surface area contributed by atoms with Gasteiger partial charge in [0.15, 0.2) is 0 Å². The second kappa shape index (κ2) is 5.56. The first-order chi connectivity index (χ1) is 10.9. The van der Waals surface area contributed by atoms with E-state index in [1.54, 1.807) is 19.1 Å². The SMILES string of the molecule is Cc1ccc(C(=O)[C@]2(C)N(O)[C@H](C)C(c3cccs3)=[N+]2[O-])cc1. The summed E-state index contributed by atoms with van der Waals surface area (Å²) in [6, 6.07) is 10.1. The van der Waals surface area contributed by atoms with Crippen molar-refractivity contribution in [2.75, 3.05) is 0 Å². The molecule has 0 saturated heterocycles. The molecule has 0 aliphatic carbocycles. The van der Waals surface area contributed by atoms with E-state index in [-0.39, 0.29) is 0 Å². The molecule has 6 heteroatoms. The van der Waals surface area contributed by atoms with Gasteiger partial charge in [0.1, 0.15) is 6.04 Å². The van der Waals surface area contributed by atoms with Crippen molar-refractivity contribution in [3.8, 4) is 0 Å². The molecule has 1 aliphatic heterocycles. The highest BCUT2D eigenvalue weighted by molar-refractivity contribution is 7.12. The van der Waals surface area contributed by atoms with E-state index in [1.165, 1.54) is 18.3 Å². The zero-order chi connectivity index (χ0) is 16.8. The fraction of sp³-hybridized carbons (Fsp3) is 0.294. The van der Waals surface area contributed by atoms with Crippen LogP contribution < -0.4 is 0 Å². The second-order valence-corrected chi connectivity index (χ2v) is 6.84. The maximum absolute atomic E-state index is 12.9. The molecule has 0 spiro atoms. The van der Waals surface area contributed by atoms with E-state index in [0.717, 1.165) is 15.5 Å². The molecule has 0 bridgehead atoms. The maximum Gasteiger partial charge on any atom is 0.312 e. The van der Waals surface area contributed by atoms with Crippen molar-refractivity contribution >= 4 is 22.8 Å². The molecule has 1 aromatic heterocycles. The molecule has 0 amide bonds. The number of benzene rings is 1. The second-order valence-electron chi connectivity index (χ2n) is 5.89. The van der Waals surface area contributed by atoms with Gasteiger partial charge in [-0.1, -0.05) is 35.9 Å². The first-order valence-electron chi connectivity index (χ1n) is 7.35. The van der Waals surface area contributed by atoms with Crippen molar-refractivity contribution in [1.82, 2.24) is 5.06 Å². The van der Waals surface area contributed by atoms with Crippen molar-refractivity contribution in [1.29, 1.82) is 0 Å². The lowest BCUT2D eigenvalue weighted by Gasteiger charge is -2.27. The number of hydroxylamine groups is 3. The van der Waals surface area contributed by atoms with Crippen molar-refractivity contribution in [3.63, 3.8) is 0 Å². The summed E-state index contributed by atoms with van der Waals surface area (Å²) in [5, 5.41) is 26.1. The number of nitrogens with zero attached hydrogens (tertiary/aromatic N) is 2. The number of ketones is 1. The molecule has 0 radical (unpaired) electrons. The molecule has 0 saturated carbocycles. The van der Waals surface area contributed by atoms with E-state index in [9.17, 15) is 15.2 Å². The van der Waals surface area contributed by atoms with Crippen LogP contribution in [0.5, 0.6) is 0 Å². The molecule has 2 atom stereocenters. The van der Waals surface area contributed by atoms with Gasteiger partial charge in [0.2, 0.25) is 5.71 Å². The van der Waals surface area contributed by atoms with Crippen LogP contribution in [0.4, 0.5) is 0 Å². The van der Waals surface area contributed by atoms with Crippen LogP contribution in [0.15, 0.2) is 41.8 Å². The number of Topliss-reactive ketones (excluding diaryl/α,β-unsaturated/α-hetero) is 1. The standard InChI is InChI=1S/C17H18N2O3S/c1-11-6-8-13(9-7-11)16(20)17(3)18(21)12(2)15(19(17)22)14-5-4-10-23-14/h4-10,12,21H,1-3H3/t12-,17-/m1/s1. The highest BCUT2D eigenvalue weighted by atomic mass is 32.1. The number of carbonyl (C=O) groups is 1. The third-order valence-electron chi connectivity index (χ3n) is 4.34. The summed E-state index contributed by atoms with van der Waals surface area (Å²) in [7, 11) is 0. The van der Waals surface area contributed by atoms with Gasteiger partial charge in [0.05, 0.1) is 4.88 Å². The molecule has 120 valence electrons. The molecule has 1 N–H and O–H groups in total. The number of rotatable bonds is 3. The topological polar surface area (TPSA) is 66.6 Å². The summed E-state index contributed by atoms with van der Waals surface area (Å²) in [6.45, 7) is 5.10. The third-order valence-corrected chi connectivity index (χ3v) is 5.23. The van der Waals surface area contributed by atoms with Gasteiger partial charge in [-0.25, -0.2) is 0 Å². The summed E-state index contributed by atoms with van der Waals surface area (Å²) in [4.78, 5) is 13.7. The molecule has 3 rings (SSSR count). The normalized spacial score (nSPS) is 25.1. The molecule has 5 nitrogen and oxygen atoms in total. The maximum atomic E-state index is 12.9. The Morgan fingerprint density at radius 3 is 2.57 bits per heavy atom. The lowest BCUT2D eigenvalue weighted by molar-refractivity contribution is -0.561. The van der Waals surface area contributed by atoms with Crippen molar-refractivity contribution < 1.29 is 14.7 Å². The zero-order valence-electron chi connectivity index (χ0n) is 13.2. The fourth-order valence-electron chi connectivity index (χ4n) is 2.90. The molecule has 0 fully saturated rings. The number of carbonyl (C=O) groups excluding carboxylic acids is 1. The number of aryl methyl sites for hydroxylation is 1. The van der Waals surface area contributed by atoms with Crippen molar-refractivity contribution in [2.45, 2.75) is 32.5 Å². The smallest absolute Gasteiger partial charge is 0.312 e. The summed E-state index contributed by atoms with van der Waals surface area (Å²) >= 11 is 1.41. The molecule has 2 heterocycles. The summed E-state index contributed by atoms with van der Waals surface area (Å²) in [6.07, 6.45) is 0. The van der Waals surface area contributed by atoms with Crippen molar-refractivity contribution in [2.24, 2.45) is 0 Å². The monoisotopic (exact) mass is 330 g/mol. The highest BCUT2D eigenvalue weighted by Crippen LogP contribution is 2.32. The van der Waals surface area contributed by atoms with Crippen molar-refractivity contribution in [3.05, 3.63) is 63.0 Å². The van der Waals surface area contributed by atoms with E-state index in [0.29, 0.717) is 16.0 Å². The number of hydrogen-bond donors (Lipinski definition) is 1. The van der Waals surface area contributed by atoms with Crippen LogP contribution in [-0.4, -0.2) is 38.2 Å². The van der Waals surface area contributed by atoms with E-state index in [2.05, 4.69) is 0 Å². The van der Waals surface area contributed by atoms with Gasteiger partial charge >= 0.3 is 5.66 Å². The Hall–Kier alpha value is -2.02. The molecule has 2 aromatic rings.